The molecular weight excluding hydrogens is 164 g/mol. The number of likely N-dealkylation sites (tertiary alicyclic amines) is 1. The smallest absolute Gasteiger partial charge is 0.224 e. The van der Waals surface area contributed by atoms with Crippen molar-refractivity contribution in [3.63, 3.8) is 0 Å². The Morgan fingerprint density at radius 2 is 2.38 bits per heavy atom. The second-order valence-corrected chi connectivity index (χ2v) is 4.00. The van der Waals surface area contributed by atoms with Gasteiger partial charge in [-0.1, -0.05) is 19.8 Å². The van der Waals surface area contributed by atoms with E-state index in [9.17, 15) is 4.79 Å². The van der Waals surface area contributed by atoms with E-state index >= 15 is 0 Å². The van der Waals surface area contributed by atoms with Gasteiger partial charge >= 0.3 is 0 Å². The first-order chi connectivity index (χ1) is 6.15. The quantitative estimate of drug-likeness (QED) is 0.711. The van der Waals surface area contributed by atoms with Crippen LogP contribution < -0.4 is 5.73 Å². The number of amides is 1. The van der Waals surface area contributed by atoms with E-state index in [-0.39, 0.29) is 11.9 Å². The molecule has 1 aliphatic rings. The second kappa shape index (κ2) is 4.61. The van der Waals surface area contributed by atoms with Gasteiger partial charge < -0.3 is 10.6 Å². The van der Waals surface area contributed by atoms with Gasteiger partial charge in [0, 0.05) is 25.0 Å². The standard InChI is InChI=1S/C10H20N2O/c1-3-4-5-8(2)12-7-9(11)6-10(12)13/h8-9H,3-7,11H2,1-2H3. The minimum Gasteiger partial charge on any atom is -0.338 e. The summed E-state index contributed by atoms with van der Waals surface area (Å²) in [5.41, 5.74) is 5.72. The van der Waals surface area contributed by atoms with Crippen LogP contribution in [0, 0.1) is 0 Å². The van der Waals surface area contributed by atoms with Crippen molar-refractivity contribution in [1.82, 2.24) is 4.90 Å². The average molecular weight is 184 g/mol. The molecule has 0 radical (unpaired) electrons. The van der Waals surface area contributed by atoms with Crippen molar-refractivity contribution < 1.29 is 4.79 Å². The van der Waals surface area contributed by atoms with E-state index in [4.69, 9.17) is 5.73 Å². The Balaban J connectivity index is 2.38. The van der Waals surface area contributed by atoms with E-state index < -0.39 is 0 Å². The Morgan fingerprint density at radius 3 is 2.85 bits per heavy atom. The zero-order chi connectivity index (χ0) is 9.84. The number of unbranched alkanes of at least 4 members (excludes halogenated alkanes) is 1. The van der Waals surface area contributed by atoms with Gasteiger partial charge in [0.1, 0.15) is 0 Å². The van der Waals surface area contributed by atoms with Crippen molar-refractivity contribution in [2.24, 2.45) is 5.73 Å². The lowest BCUT2D eigenvalue weighted by molar-refractivity contribution is -0.129. The van der Waals surface area contributed by atoms with Crippen molar-refractivity contribution in [2.75, 3.05) is 6.54 Å². The van der Waals surface area contributed by atoms with E-state index in [0.717, 1.165) is 13.0 Å². The van der Waals surface area contributed by atoms with Gasteiger partial charge in [0.2, 0.25) is 5.91 Å². The fourth-order valence-corrected chi connectivity index (χ4v) is 1.84. The topological polar surface area (TPSA) is 46.3 Å². The van der Waals surface area contributed by atoms with Crippen molar-refractivity contribution in [3.8, 4) is 0 Å². The van der Waals surface area contributed by atoms with E-state index in [0.29, 0.717) is 12.5 Å². The minimum atomic E-state index is 0.0663. The monoisotopic (exact) mass is 184 g/mol. The number of hydrogen-bond acceptors (Lipinski definition) is 2. The van der Waals surface area contributed by atoms with E-state index in [1.54, 1.807) is 0 Å². The number of hydrogen-bond donors (Lipinski definition) is 1. The van der Waals surface area contributed by atoms with E-state index in [1.165, 1.54) is 12.8 Å². The van der Waals surface area contributed by atoms with Crippen LogP contribution in [-0.2, 0) is 4.79 Å². The highest BCUT2D eigenvalue weighted by atomic mass is 16.2. The Bertz CT molecular complexity index is 182. The zero-order valence-corrected chi connectivity index (χ0v) is 8.62. The van der Waals surface area contributed by atoms with Crippen LogP contribution in [0.15, 0.2) is 0 Å². The molecule has 2 atom stereocenters. The second-order valence-electron chi connectivity index (χ2n) is 4.00. The molecule has 3 nitrogen and oxygen atoms in total. The third-order valence-electron chi connectivity index (χ3n) is 2.70. The summed E-state index contributed by atoms with van der Waals surface area (Å²) in [5.74, 6) is 0.233. The summed E-state index contributed by atoms with van der Waals surface area (Å²) in [6.45, 7) is 5.04. The third-order valence-corrected chi connectivity index (χ3v) is 2.70. The third kappa shape index (κ3) is 2.69. The van der Waals surface area contributed by atoms with Crippen LogP contribution >= 0.6 is 0 Å². The lowest BCUT2D eigenvalue weighted by atomic mass is 10.1. The Labute approximate surface area is 80.3 Å². The molecular formula is C10H20N2O. The highest BCUT2D eigenvalue weighted by molar-refractivity contribution is 5.79. The molecule has 3 heteroatoms. The van der Waals surface area contributed by atoms with Crippen LogP contribution in [0.4, 0.5) is 0 Å². The maximum atomic E-state index is 11.4. The van der Waals surface area contributed by atoms with Gasteiger partial charge in [-0.15, -0.1) is 0 Å². The molecule has 1 aliphatic heterocycles. The molecule has 0 aromatic carbocycles. The summed E-state index contributed by atoms with van der Waals surface area (Å²) >= 11 is 0. The molecule has 76 valence electrons. The van der Waals surface area contributed by atoms with Crippen molar-refractivity contribution in [1.29, 1.82) is 0 Å². The summed E-state index contributed by atoms with van der Waals surface area (Å²) in [5, 5.41) is 0. The van der Waals surface area contributed by atoms with Gasteiger partial charge in [0.15, 0.2) is 0 Å². The Morgan fingerprint density at radius 1 is 1.69 bits per heavy atom. The first-order valence-corrected chi connectivity index (χ1v) is 5.20. The normalized spacial score (nSPS) is 25.3. The highest BCUT2D eigenvalue weighted by Gasteiger charge is 2.29. The summed E-state index contributed by atoms with van der Waals surface area (Å²) in [6.07, 6.45) is 4.03. The number of carbonyl (C=O) groups excluding carboxylic acids is 1. The van der Waals surface area contributed by atoms with Gasteiger partial charge in [-0.3, -0.25) is 4.79 Å². The fraction of sp³-hybridized carbons (Fsp3) is 0.900. The minimum absolute atomic E-state index is 0.0663. The molecule has 2 N–H and O–H groups in total. The van der Waals surface area contributed by atoms with Gasteiger partial charge in [-0.2, -0.15) is 0 Å². The first kappa shape index (κ1) is 10.5. The molecule has 0 saturated carbocycles. The van der Waals surface area contributed by atoms with Gasteiger partial charge in [-0.25, -0.2) is 0 Å². The van der Waals surface area contributed by atoms with E-state index in [1.807, 2.05) is 4.90 Å². The number of nitrogens with two attached hydrogens (primary N) is 1. The summed E-state index contributed by atoms with van der Waals surface area (Å²) < 4.78 is 0. The molecule has 1 saturated heterocycles. The van der Waals surface area contributed by atoms with Crippen LogP contribution in [0.1, 0.15) is 39.5 Å². The van der Waals surface area contributed by atoms with Crippen LogP contribution in [0.5, 0.6) is 0 Å². The summed E-state index contributed by atoms with van der Waals surface area (Å²) in [4.78, 5) is 13.4. The fourth-order valence-electron chi connectivity index (χ4n) is 1.84. The molecule has 0 aromatic rings. The first-order valence-electron chi connectivity index (χ1n) is 5.20. The zero-order valence-electron chi connectivity index (χ0n) is 8.62. The molecule has 2 unspecified atom stereocenters. The molecule has 0 aliphatic carbocycles. The predicted molar refractivity (Wildman–Crippen MR) is 53.3 cm³/mol. The molecule has 0 aromatic heterocycles. The van der Waals surface area contributed by atoms with Crippen LogP contribution in [-0.4, -0.2) is 29.4 Å². The SMILES string of the molecule is CCCCC(C)N1CC(N)CC1=O. The van der Waals surface area contributed by atoms with E-state index in [2.05, 4.69) is 13.8 Å². The van der Waals surface area contributed by atoms with Crippen molar-refractivity contribution >= 4 is 5.91 Å². The van der Waals surface area contributed by atoms with Gasteiger partial charge in [0.25, 0.3) is 0 Å². The van der Waals surface area contributed by atoms with Crippen LogP contribution in [0.25, 0.3) is 0 Å². The summed E-state index contributed by atoms with van der Waals surface area (Å²) in [7, 11) is 0. The van der Waals surface area contributed by atoms with Crippen LogP contribution in [0.2, 0.25) is 0 Å². The maximum absolute atomic E-state index is 11.4. The Hall–Kier alpha value is -0.570. The van der Waals surface area contributed by atoms with Crippen molar-refractivity contribution in [2.45, 2.75) is 51.6 Å². The number of carbonyl (C=O) groups is 1. The van der Waals surface area contributed by atoms with Gasteiger partial charge in [0.05, 0.1) is 0 Å². The molecule has 0 spiro atoms. The van der Waals surface area contributed by atoms with Gasteiger partial charge in [-0.05, 0) is 13.3 Å². The largest absolute Gasteiger partial charge is 0.338 e. The lowest BCUT2D eigenvalue weighted by Crippen LogP contribution is -2.35. The van der Waals surface area contributed by atoms with Crippen molar-refractivity contribution in [3.05, 3.63) is 0 Å². The van der Waals surface area contributed by atoms with Crippen LogP contribution in [0.3, 0.4) is 0 Å². The molecule has 1 amide bonds. The molecule has 1 rings (SSSR count). The lowest BCUT2D eigenvalue weighted by Gasteiger charge is -2.24. The Kier molecular flexibility index (Phi) is 3.72. The highest BCUT2D eigenvalue weighted by Crippen LogP contribution is 2.16. The predicted octanol–water partition coefficient (Wildman–Crippen LogP) is 1.12. The molecule has 1 fully saturated rings. The molecule has 0 bridgehead atoms. The molecule has 1 heterocycles. The maximum Gasteiger partial charge on any atom is 0.224 e. The number of nitrogens with zero attached hydrogens (tertiary/aromatic N) is 1. The average Bonchev–Trinajstić information content (AvgIpc) is 2.41. The number of rotatable bonds is 4. The molecule has 13 heavy (non-hydrogen) atoms. The summed E-state index contributed by atoms with van der Waals surface area (Å²) in [6, 6.07) is 0.442.